The van der Waals surface area contributed by atoms with Crippen molar-refractivity contribution in [3.63, 3.8) is 0 Å². The Labute approximate surface area is 146 Å². The van der Waals surface area contributed by atoms with Gasteiger partial charge in [0.05, 0.1) is 11.6 Å². The zero-order chi connectivity index (χ0) is 17.5. The molecule has 0 aliphatic heterocycles. The summed E-state index contributed by atoms with van der Waals surface area (Å²) >= 11 is 1.55. The van der Waals surface area contributed by atoms with Crippen molar-refractivity contribution in [1.82, 2.24) is 15.6 Å². The fourth-order valence-electron chi connectivity index (χ4n) is 2.29. The fourth-order valence-corrected chi connectivity index (χ4v) is 3.02. The lowest BCUT2D eigenvalue weighted by molar-refractivity contribution is -0.124. The highest BCUT2D eigenvalue weighted by Crippen LogP contribution is 2.13. The monoisotopic (exact) mass is 345 g/mol. The molecule has 0 saturated carbocycles. The fraction of sp³-hybridized carbons (Fsp3) is 0.389. The van der Waals surface area contributed by atoms with Gasteiger partial charge in [0.1, 0.15) is 6.04 Å². The molecule has 6 heteroatoms. The first-order valence-electron chi connectivity index (χ1n) is 8.06. The maximum atomic E-state index is 12.5. The third kappa shape index (κ3) is 4.89. The van der Waals surface area contributed by atoms with Crippen LogP contribution >= 0.6 is 11.3 Å². The van der Waals surface area contributed by atoms with Crippen LogP contribution in [0.15, 0.2) is 36.5 Å². The molecular formula is C18H23N3O2S. The van der Waals surface area contributed by atoms with E-state index < -0.39 is 6.04 Å². The smallest absolute Gasteiger partial charge is 0.251 e. The largest absolute Gasteiger partial charge is 0.349 e. The van der Waals surface area contributed by atoms with Crippen molar-refractivity contribution >= 4 is 23.2 Å². The van der Waals surface area contributed by atoms with Crippen molar-refractivity contribution in [2.75, 3.05) is 0 Å². The molecule has 0 aliphatic carbocycles. The molecule has 0 spiro atoms. The van der Waals surface area contributed by atoms with E-state index in [9.17, 15) is 9.59 Å². The van der Waals surface area contributed by atoms with E-state index in [-0.39, 0.29) is 17.7 Å². The first kappa shape index (κ1) is 18.1. The lowest BCUT2D eigenvalue weighted by Gasteiger charge is -2.23. The zero-order valence-electron chi connectivity index (χ0n) is 14.2. The normalized spacial score (nSPS) is 13.1. The summed E-state index contributed by atoms with van der Waals surface area (Å²) in [5.74, 6) is -0.356. The van der Waals surface area contributed by atoms with Gasteiger partial charge < -0.3 is 10.6 Å². The molecule has 2 rings (SSSR count). The summed E-state index contributed by atoms with van der Waals surface area (Å²) in [5.41, 5.74) is 0.552. The summed E-state index contributed by atoms with van der Waals surface area (Å²) in [7, 11) is 0. The SMILES string of the molecule is CCC(C)C(NC(=O)c1ccccc1)C(=O)NCc1cnc(C)s1. The molecule has 2 aromatic rings. The van der Waals surface area contributed by atoms with Gasteiger partial charge >= 0.3 is 0 Å². The molecular weight excluding hydrogens is 322 g/mol. The number of hydrogen-bond donors (Lipinski definition) is 2. The van der Waals surface area contributed by atoms with Crippen molar-refractivity contribution in [1.29, 1.82) is 0 Å². The Kier molecular flexibility index (Phi) is 6.49. The molecule has 2 atom stereocenters. The van der Waals surface area contributed by atoms with Gasteiger partial charge in [0.25, 0.3) is 5.91 Å². The van der Waals surface area contributed by atoms with Gasteiger partial charge in [0, 0.05) is 16.6 Å². The maximum Gasteiger partial charge on any atom is 0.251 e. The Balaban J connectivity index is 2.01. The molecule has 0 saturated heterocycles. The number of hydrogen-bond acceptors (Lipinski definition) is 4. The molecule has 1 aromatic heterocycles. The number of thiazole rings is 1. The molecule has 0 bridgehead atoms. The molecule has 24 heavy (non-hydrogen) atoms. The van der Waals surface area contributed by atoms with Crippen molar-refractivity contribution in [3.8, 4) is 0 Å². The average Bonchev–Trinajstić information content (AvgIpc) is 3.02. The first-order chi connectivity index (χ1) is 11.5. The van der Waals surface area contributed by atoms with E-state index in [1.165, 1.54) is 0 Å². The van der Waals surface area contributed by atoms with Crippen LogP contribution in [0.4, 0.5) is 0 Å². The van der Waals surface area contributed by atoms with Gasteiger partial charge in [-0.05, 0) is 25.0 Å². The molecule has 0 aliphatic rings. The summed E-state index contributed by atoms with van der Waals surface area (Å²) in [6, 6.07) is 8.38. The van der Waals surface area contributed by atoms with Crippen molar-refractivity contribution < 1.29 is 9.59 Å². The van der Waals surface area contributed by atoms with Crippen LogP contribution in [0.2, 0.25) is 0 Å². The predicted octanol–water partition coefficient (Wildman–Crippen LogP) is 2.91. The van der Waals surface area contributed by atoms with Crippen molar-refractivity contribution in [2.45, 2.75) is 39.8 Å². The zero-order valence-corrected chi connectivity index (χ0v) is 15.0. The average molecular weight is 345 g/mol. The molecule has 2 amide bonds. The summed E-state index contributed by atoms with van der Waals surface area (Å²) in [4.78, 5) is 30.1. The molecule has 0 radical (unpaired) electrons. The van der Waals surface area contributed by atoms with Crippen LogP contribution in [-0.2, 0) is 11.3 Å². The number of amides is 2. The minimum atomic E-state index is -0.559. The predicted molar refractivity (Wildman–Crippen MR) is 95.8 cm³/mol. The second-order valence-corrected chi connectivity index (χ2v) is 7.09. The highest BCUT2D eigenvalue weighted by Gasteiger charge is 2.26. The molecule has 128 valence electrons. The first-order valence-corrected chi connectivity index (χ1v) is 8.87. The van der Waals surface area contributed by atoms with E-state index in [0.717, 1.165) is 16.3 Å². The summed E-state index contributed by atoms with van der Waals surface area (Å²) in [6.07, 6.45) is 2.56. The van der Waals surface area contributed by atoms with Gasteiger partial charge in [-0.3, -0.25) is 9.59 Å². The van der Waals surface area contributed by atoms with E-state index >= 15 is 0 Å². The molecule has 5 nitrogen and oxygen atoms in total. The van der Waals surface area contributed by atoms with Crippen LogP contribution in [-0.4, -0.2) is 22.8 Å². The highest BCUT2D eigenvalue weighted by molar-refractivity contribution is 7.11. The van der Waals surface area contributed by atoms with E-state index in [1.807, 2.05) is 26.8 Å². The molecule has 1 heterocycles. The van der Waals surface area contributed by atoms with Crippen LogP contribution in [0.3, 0.4) is 0 Å². The van der Waals surface area contributed by atoms with Gasteiger partial charge in [-0.2, -0.15) is 0 Å². The minimum Gasteiger partial charge on any atom is -0.349 e. The number of aromatic nitrogens is 1. The standard InChI is InChI=1S/C18H23N3O2S/c1-4-12(2)16(21-17(22)14-8-6-5-7-9-14)18(23)20-11-15-10-19-13(3)24-15/h5-10,12,16H,4,11H2,1-3H3,(H,20,23)(H,21,22). The Morgan fingerprint density at radius 1 is 1.25 bits per heavy atom. The second kappa shape index (κ2) is 8.59. The number of aryl methyl sites for hydroxylation is 1. The van der Waals surface area contributed by atoms with E-state index in [4.69, 9.17) is 0 Å². The summed E-state index contributed by atoms with van der Waals surface area (Å²) < 4.78 is 0. The lowest BCUT2D eigenvalue weighted by Crippen LogP contribution is -2.50. The molecule has 1 aromatic carbocycles. The summed E-state index contributed by atoms with van der Waals surface area (Å²) in [6.45, 7) is 6.33. The topological polar surface area (TPSA) is 71.1 Å². The molecule has 2 unspecified atom stereocenters. The van der Waals surface area contributed by atoms with Gasteiger partial charge in [-0.25, -0.2) is 4.98 Å². The van der Waals surface area contributed by atoms with Crippen LogP contribution in [0, 0.1) is 12.8 Å². The number of rotatable bonds is 7. The Morgan fingerprint density at radius 3 is 2.54 bits per heavy atom. The number of benzene rings is 1. The second-order valence-electron chi connectivity index (χ2n) is 5.77. The quantitative estimate of drug-likeness (QED) is 0.810. The number of carbonyl (C=O) groups excluding carboxylic acids is 2. The molecule has 2 N–H and O–H groups in total. The Bertz CT molecular complexity index is 685. The van der Waals surface area contributed by atoms with Gasteiger partial charge in [-0.15, -0.1) is 11.3 Å². The number of nitrogens with zero attached hydrogens (tertiary/aromatic N) is 1. The number of nitrogens with one attached hydrogen (secondary N) is 2. The van der Waals surface area contributed by atoms with Crippen molar-refractivity contribution in [2.24, 2.45) is 5.92 Å². The third-order valence-electron chi connectivity index (χ3n) is 3.92. The maximum absolute atomic E-state index is 12.5. The third-order valence-corrected chi connectivity index (χ3v) is 4.84. The van der Waals surface area contributed by atoms with E-state index in [2.05, 4.69) is 15.6 Å². The van der Waals surface area contributed by atoms with Crippen molar-refractivity contribution in [3.05, 3.63) is 52.0 Å². The lowest BCUT2D eigenvalue weighted by atomic mass is 9.98. The highest BCUT2D eigenvalue weighted by atomic mass is 32.1. The van der Waals surface area contributed by atoms with Crippen LogP contribution < -0.4 is 10.6 Å². The van der Waals surface area contributed by atoms with E-state index in [0.29, 0.717) is 12.1 Å². The van der Waals surface area contributed by atoms with Crippen LogP contribution in [0.25, 0.3) is 0 Å². The summed E-state index contributed by atoms with van der Waals surface area (Å²) in [5, 5.41) is 6.73. The van der Waals surface area contributed by atoms with Crippen LogP contribution in [0.1, 0.15) is 40.5 Å². The Morgan fingerprint density at radius 2 is 1.96 bits per heavy atom. The van der Waals surface area contributed by atoms with Gasteiger partial charge in [-0.1, -0.05) is 38.5 Å². The minimum absolute atomic E-state index is 0.0425. The number of carbonyl (C=O) groups is 2. The van der Waals surface area contributed by atoms with Crippen LogP contribution in [0.5, 0.6) is 0 Å². The van der Waals surface area contributed by atoms with Gasteiger partial charge in [0.15, 0.2) is 0 Å². The molecule has 0 fully saturated rings. The van der Waals surface area contributed by atoms with E-state index in [1.54, 1.807) is 41.8 Å². The Hall–Kier alpha value is -2.21. The van der Waals surface area contributed by atoms with Gasteiger partial charge in [0.2, 0.25) is 5.91 Å².